The van der Waals surface area contributed by atoms with Gasteiger partial charge in [0.25, 0.3) is 0 Å². The molecule has 3 aliphatic rings. The van der Waals surface area contributed by atoms with E-state index < -0.39 is 29.2 Å². The van der Waals surface area contributed by atoms with Gasteiger partial charge in [-0.05, 0) is 103 Å². The minimum absolute atomic E-state index is 0.000515. The second-order valence-corrected chi connectivity index (χ2v) is 13.9. The molecule has 3 fully saturated rings. The highest BCUT2D eigenvalue weighted by atomic mass is 19.4. The number of nitrogens with zero attached hydrogens (tertiary/aromatic N) is 5. The van der Waals surface area contributed by atoms with Crippen molar-refractivity contribution in [2.24, 2.45) is 0 Å². The van der Waals surface area contributed by atoms with Crippen molar-refractivity contribution in [3.05, 3.63) is 35.4 Å². The molecule has 1 aromatic heterocycles. The van der Waals surface area contributed by atoms with E-state index in [1.807, 2.05) is 30.6 Å². The molecule has 1 atom stereocenters. The molecular formula is C33H46F3N7O4. The molecule has 3 amide bonds. The molecule has 11 nitrogen and oxygen atoms in total. The number of rotatable bonds is 5. The maximum Gasteiger partial charge on any atom is 0.416 e. The van der Waals surface area contributed by atoms with Crippen LogP contribution in [0.2, 0.25) is 0 Å². The van der Waals surface area contributed by atoms with Crippen molar-refractivity contribution in [3.63, 3.8) is 0 Å². The first-order chi connectivity index (χ1) is 22.2. The predicted octanol–water partition coefficient (Wildman–Crippen LogP) is 5.63. The number of amides is 3. The van der Waals surface area contributed by atoms with E-state index in [2.05, 4.69) is 25.7 Å². The van der Waals surface area contributed by atoms with E-state index in [9.17, 15) is 27.9 Å². The number of aryl methyl sites for hydroxylation is 1. The number of anilines is 1. The van der Waals surface area contributed by atoms with Crippen molar-refractivity contribution >= 4 is 17.9 Å². The Balaban J connectivity index is 1.08. The summed E-state index contributed by atoms with van der Waals surface area (Å²) < 4.78 is 44.4. The van der Waals surface area contributed by atoms with Crippen LogP contribution in [0, 0.1) is 6.92 Å². The summed E-state index contributed by atoms with van der Waals surface area (Å²) in [7, 11) is 0. The quantitative estimate of drug-likeness (QED) is 0.377. The number of carbonyl (C=O) groups is 2. The molecule has 1 aromatic carbocycles. The number of aromatic hydroxyl groups is 1. The Morgan fingerprint density at radius 2 is 1.57 bits per heavy atom. The Hall–Kier alpha value is -3.81. The van der Waals surface area contributed by atoms with Gasteiger partial charge in [0.1, 0.15) is 17.2 Å². The second kappa shape index (κ2) is 14.1. The lowest BCUT2D eigenvalue weighted by Crippen LogP contribution is -2.55. The van der Waals surface area contributed by atoms with Crippen LogP contribution in [0.5, 0.6) is 5.75 Å². The molecule has 47 heavy (non-hydrogen) atoms. The Kier molecular flexibility index (Phi) is 10.4. The molecule has 0 spiro atoms. The SMILES string of the molecule is Cc1cc(N[C@@H]2CCCN(C3CCN(C(=O)N4CCC(NC(=O)OC(C)(C)C)CC4)CC3)C2)nnc1-c1ccc(C(F)(F)F)cc1O. The molecule has 2 aromatic rings. The zero-order valence-corrected chi connectivity index (χ0v) is 27.6. The zero-order valence-electron chi connectivity index (χ0n) is 27.6. The number of urea groups is 1. The zero-order chi connectivity index (χ0) is 33.9. The largest absolute Gasteiger partial charge is 0.507 e. The van der Waals surface area contributed by atoms with Gasteiger partial charge >= 0.3 is 18.3 Å². The maximum absolute atomic E-state index is 13.3. The molecule has 0 bridgehead atoms. The van der Waals surface area contributed by atoms with Crippen LogP contribution in [0.25, 0.3) is 11.3 Å². The maximum atomic E-state index is 13.3. The number of piperidine rings is 3. The smallest absolute Gasteiger partial charge is 0.416 e. The highest BCUT2D eigenvalue weighted by Crippen LogP contribution is 2.37. The van der Waals surface area contributed by atoms with Gasteiger partial charge in [0.2, 0.25) is 0 Å². The minimum atomic E-state index is -4.55. The number of ether oxygens (including phenoxy) is 1. The molecule has 0 radical (unpaired) electrons. The lowest BCUT2D eigenvalue weighted by Gasteiger charge is -2.43. The number of nitrogens with one attached hydrogen (secondary N) is 2. The van der Waals surface area contributed by atoms with Crippen molar-refractivity contribution in [2.45, 2.75) is 96.1 Å². The minimum Gasteiger partial charge on any atom is -0.507 e. The van der Waals surface area contributed by atoms with Crippen molar-refractivity contribution in [1.29, 1.82) is 0 Å². The molecule has 0 unspecified atom stereocenters. The van der Waals surface area contributed by atoms with Gasteiger partial charge in [-0.1, -0.05) is 0 Å². The summed E-state index contributed by atoms with van der Waals surface area (Å²) in [5, 5.41) is 25.2. The standard InChI is InChI=1S/C33H46F3N7O4/c1-21-18-28(39-40-29(21)26-8-7-22(19-27(26)44)33(34,35)36)37-24-6-5-13-43(20-24)25-11-16-42(17-12-25)31(46)41-14-9-23(10-15-41)38-30(45)47-32(2,3)4/h7-8,18-19,23-25,44H,5-6,9-17,20H2,1-4H3,(H,37,39)(H,38,45)/t24-/m1/s1. The summed E-state index contributed by atoms with van der Waals surface area (Å²) >= 11 is 0. The normalized spacial score (nSPS) is 20.6. The summed E-state index contributed by atoms with van der Waals surface area (Å²) in [5.74, 6) is 0.0840. The molecular weight excluding hydrogens is 615 g/mol. The number of phenols is 1. The average molecular weight is 662 g/mol. The highest BCUT2D eigenvalue weighted by molar-refractivity contribution is 5.75. The number of benzene rings is 1. The van der Waals surface area contributed by atoms with E-state index in [-0.39, 0.29) is 23.7 Å². The lowest BCUT2D eigenvalue weighted by molar-refractivity contribution is -0.137. The Morgan fingerprint density at radius 1 is 0.915 bits per heavy atom. The third kappa shape index (κ3) is 8.96. The van der Waals surface area contributed by atoms with Gasteiger partial charge in [-0.25, -0.2) is 9.59 Å². The highest BCUT2D eigenvalue weighted by Gasteiger charge is 2.34. The van der Waals surface area contributed by atoms with Gasteiger partial charge in [-0.3, -0.25) is 4.90 Å². The first-order valence-electron chi connectivity index (χ1n) is 16.4. The van der Waals surface area contributed by atoms with Crippen molar-refractivity contribution in [3.8, 4) is 17.0 Å². The summed E-state index contributed by atoms with van der Waals surface area (Å²) in [4.78, 5) is 31.7. The molecule has 0 aliphatic carbocycles. The van der Waals surface area contributed by atoms with Gasteiger partial charge in [0.05, 0.1) is 11.3 Å². The Bertz CT molecular complexity index is 1420. The van der Waals surface area contributed by atoms with Crippen molar-refractivity contribution in [2.75, 3.05) is 44.6 Å². The van der Waals surface area contributed by atoms with Gasteiger partial charge < -0.3 is 30.3 Å². The molecule has 3 N–H and O–H groups in total. The van der Waals surface area contributed by atoms with E-state index in [1.165, 1.54) is 6.07 Å². The molecule has 258 valence electrons. The van der Waals surface area contributed by atoms with Crippen LogP contribution < -0.4 is 10.6 Å². The van der Waals surface area contributed by atoms with Gasteiger partial charge in [0, 0.05) is 56.4 Å². The number of hydrogen-bond donors (Lipinski definition) is 3. The average Bonchev–Trinajstić information content (AvgIpc) is 3.00. The van der Waals surface area contributed by atoms with Gasteiger partial charge in [0.15, 0.2) is 0 Å². The Labute approximate surface area is 273 Å². The van der Waals surface area contributed by atoms with E-state index in [0.29, 0.717) is 68.2 Å². The van der Waals surface area contributed by atoms with E-state index >= 15 is 0 Å². The topological polar surface area (TPSA) is 123 Å². The lowest BCUT2D eigenvalue weighted by atomic mass is 9.97. The summed E-state index contributed by atoms with van der Waals surface area (Å²) in [6.07, 6.45) is 0.232. The van der Waals surface area contributed by atoms with Crippen LogP contribution in [-0.2, 0) is 10.9 Å². The van der Waals surface area contributed by atoms with Crippen LogP contribution in [0.1, 0.15) is 70.4 Å². The number of likely N-dealkylation sites (tertiary alicyclic amines) is 3. The number of alkyl carbamates (subject to hydrolysis) is 1. The van der Waals surface area contributed by atoms with Crippen molar-refractivity contribution in [1.82, 2.24) is 30.2 Å². The molecule has 0 saturated carbocycles. The van der Waals surface area contributed by atoms with Gasteiger partial charge in [-0.2, -0.15) is 13.2 Å². The van der Waals surface area contributed by atoms with Crippen LogP contribution in [0.4, 0.5) is 28.6 Å². The second-order valence-electron chi connectivity index (χ2n) is 13.9. The predicted molar refractivity (Wildman–Crippen MR) is 171 cm³/mol. The third-order valence-electron chi connectivity index (χ3n) is 9.11. The first-order valence-corrected chi connectivity index (χ1v) is 16.4. The summed E-state index contributed by atoms with van der Waals surface area (Å²) in [5.41, 5.74) is -0.259. The fraction of sp³-hybridized carbons (Fsp3) is 0.636. The molecule has 4 heterocycles. The monoisotopic (exact) mass is 661 g/mol. The fourth-order valence-corrected chi connectivity index (χ4v) is 6.71. The van der Waals surface area contributed by atoms with E-state index in [4.69, 9.17) is 4.74 Å². The third-order valence-corrected chi connectivity index (χ3v) is 9.11. The summed E-state index contributed by atoms with van der Waals surface area (Å²) in [6, 6.07) is 5.25. The summed E-state index contributed by atoms with van der Waals surface area (Å²) in [6.45, 7) is 11.7. The Morgan fingerprint density at radius 3 is 2.17 bits per heavy atom. The number of alkyl halides is 3. The first kappa shape index (κ1) is 34.5. The van der Waals surface area contributed by atoms with Crippen LogP contribution >= 0.6 is 0 Å². The van der Waals surface area contributed by atoms with Crippen LogP contribution in [-0.4, -0.2) is 105 Å². The molecule has 5 rings (SSSR count). The number of phenolic OH excluding ortho intramolecular Hbond substituents is 1. The van der Waals surface area contributed by atoms with Crippen LogP contribution in [0.15, 0.2) is 24.3 Å². The number of halogens is 3. The number of hydrogen-bond acceptors (Lipinski definition) is 8. The number of carbonyl (C=O) groups excluding carboxylic acids is 2. The van der Waals surface area contributed by atoms with E-state index in [1.54, 1.807) is 13.0 Å². The molecule has 14 heteroatoms. The van der Waals surface area contributed by atoms with Gasteiger partial charge in [-0.15, -0.1) is 10.2 Å². The van der Waals surface area contributed by atoms with Crippen molar-refractivity contribution < 1.29 is 32.6 Å². The number of aromatic nitrogens is 2. The van der Waals surface area contributed by atoms with E-state index in [0.717, 1.165) is 44.8 Å². The fourth-order valence-electron chi connectivity index (χ4n) is 6.71. The van der Waals surface area contributed by atoms with Crippen LogP contribution in [0.3, 0.4) is 0 Å². The molecule has 3 saturated heterocycles. The molecule has 3 aliphatic heterocycles.